The van der Waals surface area contributed by atoms with E-state index in [-0.39, 0.29) is 24.2 Å². The number of imidazole rings is 1. The lowest BCUT2D eigenvalue weighted by atomic mass is 10.2. The van der Waals surface area contributed by atoms with Crippen LogP contribution < -0.4 is 5.32 Å². The van der Waals surface area contributed by atoms with Gasteiger partial charge in [-0.05, 0) is 29.8 Å². The topological polar surface area (TPSA) is 67.2 Å². The Labute approximate surface area is 197 Å². The third kappa shape index (κ3) is 5.56. The van der Waals surface area contributed by atoms with Crippen LogP contribution in [0, 0.1) is 5.82 Å². The number of rotatable bonds is 8. The Morgan fingerprint density at radius 3 is 2.24 bits per heavy atom. The fraction of sp³-hybridized carbons (Fsp3) is 0.148. The molecule has 0 bridgehead atoms. The molecule has 172 valence electrons. The van der Waals surface area contributed by atoms with E-state index in [0.717, 1.165) is 11.1 Å². The van der Waals surface area contributed by atoms with Gasteiger partial charge < -0.3 is 4.90 Å². The van der Waals surface area contributed by atoms with E-state index in [1.807, 2.05) is 60.7 Å². The van der Waals surface area contributed by atoms with Crippen molar-refractivity contribution in [3.63, 3.8) is 0 Å². The number of carbonyl (C=O) groups is 2. The van der Waals surface area contributed by atoms with Crippen LogP contribution in [0.4, 0.5) is 10.3 Å². The minimum atomic E-state index is -0.369. The van der Waals surface area contributed by atoms with Gasteiger partial charge in [-0.1, -0.05) is 67.6 Å². The summed E-state index contributed by atoms with van der Waals surface area (Å²) in [5.74, 6) is -0.552. The molecule has 4 aromatic rings. The van der Waals surface area contributed by atoms with E-state index >= 15 is 0 Å². The number of hydrogen-bond acceptors (Lipinski definition) is 3. The maximum Gasteiger partial charge on any atom is 0.246 e. The molecule has 1 aromatic heterocycles. The third-order valence-electron chi connectivity index (χ3n) is 5.34. The number of benzene rings is 3. The molecule has 0 radical (unpaired) electrons. The predicted octanol–water partition coefficient (Wildman–Crippen LogP) is 5.06. The molecule has 0 fully saturated rings. The lowest BCUT2D eigenvalue weighted by Gasteiger charge is -2.22. The van der Waals surface area contributed by atoms with E-state index in [2.05, 4.69) is 10.3 Å². The summed E-state index contributed by atoms with van der Waals surface area (Å²) in [7, 11) is 0. The average Bonchev–Trinajstić information content (AvgIpc) is 3.28. The van der Waals surface area contributed by atoms with Gasteiger partial charge in [-0.15, -0.1) is 0 Å². The molecule has 34 heavy (non-hydrogen) atoms. The van der Waals surface area contributed by atoms with Crippen molar-refractivity contribution in [2.45, 2.75) is 19.9 Å². The lowest BCUT2D eigenvalue weighted by molar-refractivity contribution is -0.135. The Bertz CT molecular complexity index is 1260. The van der Waals surface area contributed by atoms with E-state index in [0.29, 0.717) is 30.3 Å². The van der Waals surface area contributed by atoms with Crippen molar-refractivity contribution in [2.75, 3.05) is 11.9 Å². The van der Waals surface area contributed by atoms with E-state index in [1.54, 1.807) is 29.8 Å². The van der Waals surface area contributed by atoms with Crippen LogP contribution in [0.2, 0.25) is 0 Å². The van der Waals surface area contributed by atoms with Crippen LogP contribution in [-0.4, -0.2) is 32.8 Å². The predicted molar refractivity (Wildman–Crippen MR) is 130 cm³/mol. The van der Waals surface area contributed by atoms with Crippen LogP contribution in [-0.2, 0) is 16.1 Å². The number of nitrogens with one attached hydrogen (secondary N) is 1. The highest BCUT2D eigenvalue weighted by Crippen LogP contribution is 2.24. The van der Waals surface area contributed by atoms with Crippen molar-refractivity contribution >= 4 is 17.8 Å². The van der Waals surface area contributed by atoms with Gasteiger partial charge in [-0.3, -0.25) is 19.5 Å². The number of anilines is 1. The van der Waals surface area contributed by atoms with Crippen LogP contribution in [0.3, 0.4) is 0 Å². The monoisotopic (exact) mass is 456 g/mol. The molecule has 0 unspecified atom stereocenters. The second kappa shape index (κ2) is 10.6. The number of halogens is 1. The molecule has 7 heteroatoms. The molecule has 0 saturated heterocycles. The van der Waals surface area contributed by atoms with Crippen molar-refractivity contribution in [1.29, 1.82) is 0 Å². The highest BCUT2D eigenvalue weighted by Gasteiger charge is 2.19. The summed E-state index contributed by atoms with van der Waals surface area (Å²) in [5.41, 5.74) is 3.13. The van der Waals surface area contributed by atoms with Gasteiger partial charge in [0.1, 0.15) is 12.4 Å². The van der Waals surface area contributed by atoms with Crippen molar-refractivity contribution < 1.29 is 14.0 Å². The molecule has 0 aliphatic carbocycles. The third-order valence-corrected chi connectivity index (χ3v) is 5.34. The highest BCUT2D eigenvalue weighted by molar-refractivity contribution is 5.93. The smallest absolute Gasteiger partial charge is 0.246 e. The SMILES string of the molecule is CCC(=O)N(CC(=O)Nc1nc(-c2ccccc2)cn1-c1ccc(F)cc1)Cc1ccccc1. The molecule has 3 aromatic carbocycles. The first-order chi connectivity index (χ1) is 16.5. The fourth-order valence-electron chi connectivity index (χ4n) is 3.61. The molecule has 0 atom stereocenters. The fourth-order valence-corrected chi connectivity index (χ4v) is 3.61. The molecule has 1 heterocycles. The largest absolute Gasteiger partial charge is 0.329 e. The molecule has 0 spiro atoms. The van der Waals surface area contributed by atoms with Crippen LogP contribution in [0.5, 0.6) is 0 Å². The summed E-state index contributed by atoms with van der Waals surface area (Å²) >= 11 is 0. The van der Waals surface area contributed by atoms with Crippen LogP contribution >= 0.6 is 0 Å². The molecule has 6 nitrogen and oxygen atoms in total. The van der Waals surface area contributed by atoms with Crippen LogP contribution in [0.1, 0.15) is 18.9 Å². The normalized spacial score (nSPS) is 10.6. The molecule has 0 aliphatic heterocycles. The zero-order valence-corrected chi connectivity index (χ0v) is 18.8. The van der Waals surface area contributed by atoms with Crippen molar-refractivity contribution in [3.05, 3.63) is 103 Å². The zero-order chi connectivity index (χ0) is 23.9. The first-order valence-corrected chi connectivity index (χ1v) is 11.1. The van der Waals surface area contributed by atoms with Gasteiger partial charge in [-0.25, -0.2) is 9.37 Å². The van der Waals surface area contributed by atoms with Gasteiger partial charge in [0.2, 0.25) is 17.8 Å². The van der Waals surface area contributed by atoms with Gasteiger partial charge in [0, 0.05) is 30.4 Å². The first kappa shape index (κ1) is 22.9. The van der Waals surface area contributed by atoms with Crippen molar-refractivity contribution in [1.82, 2.24) is 14.5 Å². The highest BCUT2D eigenvalue weighted by atomic mass is 19.1. The lowest BCUT2D eigenvalue weighted by Crippen LogP contribution is -2.37. The quantitative estimate of drug-likeness (QED) is 0.403. The molecule has 0 aliphatic rings. The van der Waals surface area contributed by atoms with E-state index in [9.17, 15) is 14.0 Å². The summed E-state index contributed by atoms with van der Waals surface area (Å²) < 4.78 is 15.2. The standard InChI is InChI=1S/C27H25FN4O2/c1-2-26(34)31(17-20-9-5-3-6-10-20)19-25(33)30-27-29-24(21-11-7-4-8-12-21)18-32(27)23-15-13-22(28)14-16-23/h3-16,18H,2,17,19H2,1H3,(H,29,30,33). The molecule has 0 saturated carbocycles. The van der Waals surface area contributed by atoms with Crippen LogP contribution in [0.15, 0.2) is 91.1 Å². The van der Waals surface area contributed by atoms with Gasteiger partial charge in [0.05, 0.1) is 5.69 Å². The number of hydrogen-bond donors (Lipinski definition) is 1. The second-order valence-corrected chi connectivity index (χ2v) is 7.80. The zero-order valence-electron chi connectivity index (χ0n) is 18.8. The Balaban J connectivity index is 1.59. The maximum atomic E-state index is 13.5. The maximum absolute atomic E-state index is 13.5. The number of amides is 2. The summed E-state index contributed by atoms with van der Waals surface area (Å²) in [6, 6.07) is 25.0. The number of aromatic nitrogens is 2. The molecule has 2 amide bonds. The Kier molecular flexibility index (Phi) is 7.13. The Morgan fingerprint density at radius 2 is 1.59 bits per heavy atom. The van der Waals surface area contributed by atoms with Crippen molar-refractivity contribution in [2.24, 2.45) is 0 Å². The minimum Gasteiger partial charge on any atom is -0.329 e. The van der Waals surface area contributed by atoms with Gasteiger partial charge in [0.25, 0.3) is 0 Å². The summed E-state index contributed by atoms with van der Waals surface area (Å²) in [6.45, 7) is 1.99. The number of carbonyl (C=O) groups excluding carboxylic acids is 2. The first-order valence-electron chi connectivity index (χ1n) is 11.1. The number of nitrogens with zero attached hydrogens (tertiary/aromatic N) is 3. The summed E-state index contributed by atoms with van der Waals surface area (Å²) in [4.78, 5) is 31.6. The summed E-state index contributed by atoms with van der Waals surface area (Å²) in [5, 5.41) is 2.83. The molecular formula is C27H25FN4O2. The average molecular weight is 457 g/mol. The second-order valence-electron chi connectivity index (χ2n) is 7.80. The Morgan fingerprint density at radius 1 is 0.941 bits per heavy atom. The van der Waals surface area contributed by atoms with Crippen molar-refractivity contribution in [3.8, 4) is 16.9 Å². The molecule has 1 N–H and O–H groups in total. The van der Waals surface area contributed by atoms with E-state index in [1.165, 1.54) is 17.0 Å². The van der Waals surface area contributed by atoms with Gasteiger partial charge in [0.15, 0.2) is 0 Å². The molecular weight excluding hydrogens is 431 g/mol. The Hall–Kier alpha value is -4.26. The van der Waals surface area contributed by atoms with Gasteiger partial charge in [-0.2, -0.15) is 0 Å². The van der Waals surface area contributed by atoms with E-state index < -0.39 is 0 Å². The van der Waals surface area contributed by atoms with Crippen LogP contribution in [0.25, 0.3) is 16.9 Å². The summed E-state index contributed by atoms with van der Waals surface area (Å²) in [6.07, 6.45) is 2.08. The van der Waals surface area contributed by atoms with Gasteiger partial charge >= 0.3 is 0 Å². The minimum absolute atomic E-state index is 0.113. The molecule has 4 rings (SSSR count). The van der Waals surface area contributed by atoms with E-state index in [4.69, 9.17) is 0 Å².